The predicted octanol–water partition coefficient (Wildman–Crippen LogP) is 2.75. The van der Waals surface area contributed by atoms with E-state index in [1.165, 1.54) is 6.42 Å². The van der Waals surface area contributed by atoms with Crippen LogP contribution in [0, 0.1) is 0 Å². The van der Waals surface area contributed by atoms with Gasteiger partial charge in [0.2, 0.25) is 0 Å². The second-order valence-corrected chi connectivity index (χ2v) is 5.01. The van der Waals surface area contributed by atoms with Crippen molar-refractivity contribution in [2.45, 2.75) is 38.8 Å². The Kier molecular flexibility index (Phi) is 6.15. The summed E-state index contributed by atoms with van der Waals surface area (Å²) in [6, 6.07) is 6.03. The summed E-state index contributed by atoms with van der Waals surface area (Å²) in [7, 11) is 1.93. The van der Waals surface area contributed by atoms with Gasteiger partial charge < -0.3 is 19.5 Å². The first-order valence-electron chi connectivity index (χ1n) is 7.48. The average molecular weight is 279 g/mol. The van der Waals surface area contributed by atoms with E-state index >= 15 is 0 Å². The summed E-state index contributed by atoms with van der Waals surface area (Å²) in [5, 5.41) is 3.16. The van der Waals surface area contributed by atoms with Crippen LogP contribution in [0.2, 0.25) is 0 Å². The van der Waals surface area contributed by atoms with Crippen LogP contribution in [-0.2, 0) is 11.3 Å². The van der Waals surface area contributed by atoms with Gasteiger partial charge in [-0.2, -0.15) is 0 Å². The molecule has 0 aliphatic carbocycles. The van der Waals surface area contributed by atoms with Crippen LogP contribution in [0.3, 0.4) is 0 Å². The van der Waals surface area contributed by atoms with Crippen molar-refractivity contribution in [2.24, 2.45) is 0 Å². The molecule has 0 aromatic heterocycles. The van der Waals surface area contributed by atoms with Gasteiger partial charge in [-0.3, -0.25) is 0 Å². The lowest BCUT2D eigenvalue weighted by atomic mass is 10.1. The van der Waals surface area contributed by atoms with E-state index in [1.54, 1.807) is 0 Å². The Hall–Kier alpha value is -1.26. The average Bonchev–Trinajstić information content (AvgIpc) is 2.48. The van der Waals surface area contributed by atoms with Crippen LogP contribution >= 0.6 is 0 Å². The first-order valence-corrected chi connectivity index (χ1v) is 7.48. The van der Waals surface area contributed by atoms with Gasteiger partial charge in [-0.05, 0) is 39.3 Å². The molecule has 0 bridgehead atoms. The largest absolute Gasteiger partial charge is 0.490 e. The lowest BCUT2D eigenvalue weighted by Gasteiger charge is -2.24. The molecule has 1 saturated heterocycles. The number of hydrogen-bond acceptors (Lipinski definition) is 4. The Morgan fingerprint density at radius 3 is 2.90 bits per heavy atom. The van der Waals surface area contributed by atoms with Gasteiger partial charge >= 0.3 is 0 Å². The lowest BCUT2D eigenvalue weighted by molar-refractivity contribution is -0.0117. The van der Waals surface area contributed by atoms with E-state index in [2.05, 4.69) is 11.4 Å². The van der Waals surface area contributed by atoms with E-state index < -0.39 is 0 Å². The quantitative estimate of drug-likeness (QED) is 0.833. The molecule has 1 aliphatic rings. The molecule has 1 aromatic rings. The molecule has 2 rings (SSSR count). The molecule has 112 valence electrons. The molecule has 1 atom stereocenters. The number of benzene rings is 1. The van der Waals surface area contributed by atoms with Crippen molar-refractivity contribution in [2.75, 3.05) is 26.9 Å². The summed E-state index contributed by atoms with van der Waals surface area (Å²) in [6.45, 7) is 4.84. The highest BCUT2D eigenvalue weighted by Crippen LogP contribution is 2.32. The van der Waals surface area contributed by atoms with Crippen molar-refractivity contribution in [3.63, 3.8) is 0 Å². The Labute approximate surface area is 121 Å². The molecule has 4 nitrogen and oxygen atoms in total. The summed E-state index contributed by atoms with van der Waals surface area (Å²) in [6.07, 6.45) is 3.68. The minimum Gasteiger partial charge on any atom is -0.490 e. The molecule has 0 spiro atoms. The van der Waals surface area contributed by atoms with Crippen LogP contribution < -0.4 is 14.8 Å². The Bertz CT molecular complexity index is 378. The van der Waals surface area contributed by atoms with Crippen molar-refractivity contribution in [3.8, 4) is 11.5 Å². The summed E-state index contributed by atoms with van der Waals surface area (Å²) in [5.74, 6) is 1.66. The van der Waals surface area contributed by atoms with Crippen LogP contribution in [0.4, 0.5) is 0 Å². The van der Waals surface area contributed by atoms with E-state index in [9.17, 15) is 0 Å². The second kappa shape index (κ2) is 8.12. The maximum absolute atomic E-state index is 6.02. The Morgan fingerprint density at radius 2 is 2.20 bits per heavy atom. The Balaban J connectivity index is 2.05. The molecule has 1 heterocycles. The number of para-hydroxylation sites is 1. The van der Waals surface area contributed by atoms with Crippen LogP contribution in [-0.4, -0.2) is 33.0 Å². The summed E-state index contributed by atoms with van der Waals surface area (Å²) >= 11 is 0. The minimum atomic E-state index is 0.209. The van der Waals surface area contributed by atoms with Crippen molar-refractivity contribution in [1.29, 1.82) is 0 Å². The zero-order valence-corrected chi connectivity index (χ0v) is 12.5. The summed E-state index contributed by atoms with van der Waals surface area (Å²) in [5.41, 5.74) is 1.12. The molecule has 1 unspecified atom stereocenters. The second-order valence-electron chi connectivity index (χ2n) is 5.01. The van der Waals surface area contributed by atoms with E-state index in [0.29, 0.717) is 13.2 Å². The van der Waals surface area contributed by atoms with Crippen LogP contribution in [0.1, 0.15) is 31.7 Å². The third kappa shape index (κ3) is 4.12. The van der Waals surface area contributed by atoms with Gasteiger partial charge in [-0.25, -0.2) is 0 Å². The van der Waals surface area contributed by atoms with Gasteiger partial charge in [0.25, 0.3) is 0 Å². The molecule has 20 heavy (non-hydrogen) atoms. The maximum Gasteiger partial charge on any atom is 0.165 e. The summed E-state index contributed by atoms with van der Waals surface area (Å²) < 4.78 is 17.4. The molecule has 4 heteroatoms. The van der Waals surface area contributed by atoms with Gasteiger partial charge in [0.05, 0.1) is 12.7 Å². The highest BCUT2D eigenvalue weighted by Gasteiger charge is 2.17. The normalized spacial score (nSPS) is 18.8. The van der Waals surface area contributed by atoms with E-state index in [4.69, 9.17) is 14.2 Å². The molecule has 0 saturated carbocycles. The molecular weight excluding hydrogens is 254 g/mol. The molecule has 0 amide bonds. The molecule has 1 aromatic carbocycles. The van der Waals surface area contributed by atoms with Crippen LogP contribution in [0.5, 0.6) is 11.5 Å². The SMILES string of the molecule is CCOc1cccc(CNC)c1OCC1CCCCO1. The van der Waals surface area contributed by atoms with Crippen LogP contribution in [0.15, 0.2) is 18.2 Å². The minimum absolute atomic E-state index is 0.209. The molecule has 1 aliphatic heterocycles. The number of rotatable bonds is 7. The first kappa shape index (κ1) is 15.1. The number of ether oxygens (including phenoxy) is 3. The maximum atomic E-state index is 6.02. The van der Waals surface area contributed by atoms with Crippen molar-refractivity contribution >= 4 is 0 Å². The molecule has 1 fully saturated rings. The molecule has 1 N–H and O–H groups in total. The zero-order chi connectivity index (χ0) is 14.2. The zero-order valence-electron chi connectivity index (χ0n) is 12.5. The third-order valence-corrected chi connectivity index (χ3v) is 3.42. The highest BCUT2D eigenvalue weighted by molar-refractivity contribution is 5.46. The molecule has 0 radical (unpaired) electrons. The summed E-state index contributed by atoms with van der Waals surface area (Å²) in [4.78, 5) is 0. The number of hydrogen-bond donors (Lipinski definition) is 1. The smallest absolute Gasteiger partial charge is 0.165 e. The van der Waals surface area contributed by atoms with Crippen LogP contribution in [0.25, 0.3) is 0 Å². The van der Waals surface area contributed by atoms with Gasteiger partial charge in [0, 0.05) is 18.7 Å². The van der Waals surface area contributed by atoms with E-state index in [0.717, 1.165) is 43.1 Å². The fourth-order valence-corrected chi connectivity index (χ4v) is 2.44. The molecular formula is C16H25NO3. The Morgan fingerprint density at radius 1 is 1.30 bits per heavy atom. The van der Waals surface area contributed by atoms with E-state index in [-0.39, 0.29) is 6.10 Å². The first-order chi connectivity index (χ1) is 9.85. The third-order valence-electron chi connectivity index (χ3n) is 3.42. The monoisotopic (exact) mass is 279 g/mol. The van der Waals surface area contributed by atoms with Crippen molar-refractivity contribution < 1.29 is 14.2 Å². The fraction of sp³-hybridized carbons (Fsp3) is 0.625. The topological polar surface area (TPSA) is 39.7 Å². The predicted molar refractivity (Wildman–Crippen MR) is 79.5 cm³/mol. The van der Waals surface area contributed by atoms with Gasteiger partial charge in [-0.1, -0.05) is 12.1 Å². The lowest BCUT2D eigenvalue weighted by Crippen LogP contribution is -2.26. The van der Waals surface area contributed by atoms with Crippen molar-refractivity contribution in [3.05, 3.63) is 23.8 Å². The van der Waals surface area contributed by atoms with Gasteiger partial charge in [0.15, 0.2) is 11.5 Å². The van der Waals surface area contributed by atoms with Crippen molar-refractivity contribution in [1.82, 2.24) is 5.32 Å². The highest BCUT2D eigenvalue weighted by atomic mass is 16.5. The van der Waals surface area contributed by atoms with E-state index in [1.807, 2.05) is 26.1 Å². The standard InChI is InChI=1S/C16H25NO3/c1-3-18-15-9-6-7-13(11-17-2)16(15)20-12-14-8-4-5-10-19-14/h6-7,9,14,17H,3-5,8,10-12H2,1-2H3. The van der Waals surface area contributed by atoms with Gasteiger partial charge in [-0.15, -0.1) is 0 Å². The fourth-order valence-electron chi connectivity index (χ4n) is 2.44. The number of nitrogens with one attached hydrogen (secondary N) is 1. The van der Waals surface area contributed by atoms with Gasteiger partial charge in [0.1, 0.15) is 6.61 Å².